The van der Waals surface area contributed by atoms with Crippen LogP contribution in [0.15, 0.2) is 23.2 Å². The Kier molecular flexibility index (Phi) is 8.35. The van der Waals surface area contributed by atoms with Crippen molar-refractivity contribution in [1.29, 1.82) is 0 Å². The number of likely N-dealkylation sites (tertiary alicyclic amines) is 1. The van der Waals surface area contributed by atoms with E-state index in [0.717, 1.165) is 38.2 Å². The highest BCUT2D eigenvalue weighted by Crippen LogP contribution is 2.30. The first-order valence-electron chi connectivity index (χ1n) is 12.8. The molecule has 7 nitrogen and oxygen atoms in total. The summed E-state index contributed by atoms with van der Waals surface area (Å²) in [4.78, 5) is 20.9. The van der Waals surface area contributed by atoms with Gasteiger partial charge in [-0.15, -0.1) is 0 Å². The minimum Gasteiger partial charge on any atom is -0.497 e. The van der Waals surface area contributed by atoms with Crippen molar-refractivity contribution in [3.63, 3.8) is 0 Å². The molecule has 1 heterocycles. The zero-order valence-corrected chi connectivity index (χ0v) is 20.3. The predicted molar refractivity (Wildman–Crippen MR) is 132 cm³/mol. The monoisotopic (exact) mass is 456 g/mol. The number of nitrogens with zero attached hydrogens (tertiary/aromatic N) is 2. The second-order valence-corrected chi connectivity index (χ2v) is 9.63. The first-order valence-corrected chi connectivity index (χ1v) is 12.8. The molecule has 33 heavy (non-hydrogen) atoms. The van der Waals surface area contributed by atoms with E-state index in [4.69, 9.17) is 14.5 Å². The lowest BCUT2D eigenvalue weighted by molar-refractivity contribution is -0.119. The van der Waals surface area contributed by atoms with Crippen LogP contribution in [0, 0.1) is 0 Å². The fraction of sp³-hybridized carbons (Fsp3) is 0.692. The van der Waals surface area contributed by atoms with Crippen molar-refractivity contribution in [2.45, 2.75) is 95.2 Å². The van der Waals surface area contributed by atoms with E-state index in [0.29, 0.717) is 29.3 Å². The highest BCUT2D eigenvalue weighted by atomic mass is 16.5. The molecule has 0 unspecified atom stereocenters. The number of carbonyl (C=O) groups is 1. The van der Waals surface area contributed by atoms with Crippen LogP contribution in [0.3, 0.4) is 0 Å². The van der Waals surface area contributed by atoms with Crippen molar-refractivity contribution >= 4 is 17.6 Å². The number of rotatable bonds is 6. The molecule has 2 N–H and O–H groups in total. The summed E-state index contributed by atoms with van der Waals surface area (Å²) in [6.45, 7) is 0.864. The molecule has 1 saturated heterocycles. The molecular formula is C26H40N4O3. The van der Waals surface area contributed by atoms with Crippen LogP contribution < -0.4 is 20.1 Å². The molecular weight excluding hydrogens is 416 g/mol. The maximum absolute atomic E-state index is 13.4. The third-order valence-electron chi connectivity index (χ3n) is 7.31. The predicted octanol–water partition coefficient (Wildman–Crippen LogP) is 4.72. The average molecular weight is 457 g/mol. The number of benzene rings is 1. The molecule has 3 fully saturated rings. The van der Waals surface area contributed by atoms with E-state index in [-0.39, 0.29) is 11.9 Å². The van der Waals surface area contributed by atoms with Gasteiger partial charge in [-0.3, -0.25) is 4.79 Å². The highest BCUT2D eigenvalue weighted by molar-refractivity contribution is 5.99. The summed E-state index contributed by atoms with van der Waals surface area (Å²) in [5, 5.41) is 6.89. The summed E-state index contributed by atoms with van der Waals surface area (Å²) in [6, 6.07) is 6.08. The van der Waals surface area contributed by atoms with Crippen LogP contribution in [0.2, 0.25) is 0 Å². The molecule has 2 saturated carbocycles. The molecule has 1 amide bonds. The number of guanidine groups is 1. The highest BCUT2D eigenvalue weighted by Gasteiger charge is 2.35. The lowest BCUT2D eigenvalue weighted by atomic mass is 9.95. The van der Waals surface area contributed by atoms with Gasteiger partial charge in [-0.05, 0) is 50.7 Å². The van der Waals surface area contributed by atoms with Crippen LogP contribution >= 0.6 is 0 Å². The Morgan fingerprint density at radius 2 is 1.67 bits per heavy atom. The molecule has 182 valence electrons. The van der Waals surface area contributed by atoms with Crippen LogP contribution in [-0.4, -0.2) is 55.7 Å². The summed E-state index contributed by atoms with van der Waals surface area (Å²) in [7, 11) is 3.23. The van der Waals surface area contributed by atoms with Gasteiger partial charge in [0.2, 0.25) is 5.91 Å². The largest absolute Gasteiger partial charge is 0.497 e. The van der Waals surface area contributed by atoms with Crippen molar-refractivity contribution in [2.75, 3.05) is 26.1 Å². The molecule has 7 heteroatoms. The van der Waals surface area contributed by atoms with E-state index in [1.54, 1.807) is 20.3 Å². The van der Waals surface area contributed by atoms with E-state index >= 15 is 0 Å². The maximum atomic E-state index is 13.4. The van der Waals surface area contributed by atoms with Crippen LogP contribution in [0.5, 0.6) is 11.5 Å². The summed E-state index contributed by atoms with van der Waals surface area (Å²) < 4.78 is 10.8. The lowest BCUT2D eigenvalue weighted by Crippen LogP contribution is -2.52. The second kappa shape index (κ2) is 11.6. The van der Waals surface area contributed by atoms with Crippen molar-refractivity contribution < 1.29 is 14.3 Å². The number of hydrogen-bond acceptors (Lipinski definition) is 4. The van der Waals surface area contributed by atoms with Crippen LogP contribution in [0.4, 0.5) is 5.69 Å². The van der Waals surface area contributed by atoms with Gasteiger partial charge in [0.05, 0.1) is 25.9 Å². The van der Waals surface area contributed by atoms with Crippen LogP contribution in [0.1, 0.15) is 77.0 Å². The molecule has 1 aromatic rings. The number of nitrogens with one attached hydrogen (secondary N) is 2. The number of hydrogen-bond donors (Lipinski definition) is 2. The molecule has 1 atom stereocenters. The van der Waals surface area contributed by atoms with Gasteiger partial charge >= 0.3 is 0 Å². The van der Waals surface area contributed by atoms with Gasteiger partial charge < -0.3 is 25.0 Å². The smallest absolute Gasteiger partial charge is 0.247 e. The summed E-state index contributed by atoms with van der Waals surface area (Å²) in [6.07, 6.45) is 14.2. The van der Waals surface area contributed by atoms with Gasteiger partial charge in [-0.25, -0.2) is 4.99 Å². The third kappa shape index (κ3) is 6.12. The Morgan fingerprint density at radius 1 is 0.939 bits per heavy atom. The lowest BCUT2D eigenvalue weighted by Gasteiger charge is -2.33. The topological polar surface area (TPSA) is 75.2 Å². The van der Waals surface area contributed by atoms with Gasteiger partial charge in [0.15, 0.2) is 5.96 Å². The molecule has 1 aliphatic heterocycles. The minimum absolute atomic E-state index is 0.00208. The fourth-order valence-electron chi connectivity index (χ4n) is 5.42. The molecule has 0 aromatic heterocycles. The number of anilines is 1. The SMILES string of the molecule is COc1ccc(NC(=O)[C@@H]2CCCN2C(=NC2CCCCC2)NC2CCCCC2)c(OC)c1. The fourth-order valence-corrected chi connectivity index (χ4v) is 5.42. The first-order chi connectivity index (χ1) is 16.2. The van der Waals surface area contributed by atoms with Gasteiger partial charge in [0.1, 0.15) is 17.5 Å². The number of methoxy groups -OCH3 is 2. The third-order valence-corrected chi connectivity index (χ3v) is 7.31. The molecule has 3 aliphatic rings. The molecule has 0 radical (unpaired) electrons. The number of ether oxygens (including phenoxy) is 2. The normalized spacial score (nSPS) is 22.8. The van der Waals surface area contributed by atoms with Crippen molar-refractivity contribution in [2.24, 2.45) is 4.99 Å². The second-order valence-electron chi connectivity index (χ2n) is 9.63. The van der Waals surface area contributed by atoms with E-state index in [1.807, 2.05) is 12.1 Å². The van der Waals surface area contributed by atoms with Crippen LogP contribution in [0.25, 0.3) is 0 Å². The van der Waals surface area contributed by atoms with Crippen molar-refractivity contribution in [3.8, 4) is 11.5 Å². The summed E-state index contributed by atoms with van der Waals surface area (Å²) in [5.41, 5.74) is 0.668. The van der Waals surface area contributed by atoms with E-state index in [2.05, 4.69) is 15.5 Å². The zero-order chi connectivity index (χ0) is 23.0. The Bertz CT molecular complexity index is 816. The van der Waals surface area contributed by atoms with E-state index < -0.39 is 0 Å². The van der Waals surface area contributed by atoms with Gasteiger partial charge in [0.25, 0.3) is 0 Å². The van der Waals surface area contributed by atoms with E-state index in [9.17, 15) is 4.79 Å². The standard InChI is InChI=1S/C26H40N4O3/c1-32-21-15-16-22(24(18-21)33-2)29-25(31)23-14-9-17-30(23)26(27-19-10-5-3-6-11-19)28-20-12-7-4-8-13-20/h15-16,18-20,23H,3-14,17H2,1-2H3,(H,27,28)(H,29,31)/t23-/m0/s1. The Labute approximate surface area is 198 Å². The van der Waals surface area contributed by atoms with Crippen LogP contribution in [-0.2, 0) is 4.79 Å². The molecule has 0 spiro atoms. The Hall–Kier alpha value is -2.44. The minimum atomic E-state index is -0.227. The van der Waals surface area contributed by atoms with Gasteiger partial charge in [0, 0.05) is 18.7 Å². The molecule has 4 rings (SSSR count). The average Bonchev–Trinajstić information content (AvgIpc) is 3.35. The quantitative estimate of drug-likeness (QED) is 0.479. The molecule has 2 aliphatic carbocycles. The Balaban J connectivity index is 1.51. The number of aliphatic imine (C=N–C) groups is 1. The van der Waals surface area contributed by atoms with E-state index in [1.165, 1.54) is 51.4 Å². The first kappa shape index (κ1) is 23.7. The Morgan fingerprint density at radius 3 is 2.36 bits per heavy atom. The summed E-state index contributed by atoms with van der Waals surface area (Å²) >= 11 is 0. The number of carbonyl (C=O) groups excluding carboxylic acids is 1. The zero-order valence-electron chi connectivity index (χ0n) is 20.3. The van der Waals surface area contributed by atoms with Gasteiger partial charge in [-0.1, -0.05) is 38.5 Å². The maximum Gasteiger partial charge on any atom is 0.247 e. The summed E-state index contributed by atoms with van der Waals surface area (Å²) in [5.74, 6) is 2.25. The van der Waals surface area contributed by atoms with Crippen molar-refractivity contribution in [1.82, 2.24) is 10.2 Å². The molecule has 0 bridgehead atoms. The van der Waals surface area contributed by atoms with Gasteiger partial charge in [-0.2, -0.15) is 0 Å². The molecule has 1 aromatic carbocycles. The number of amides is 1. The van der Waals surface area contributed by atoms with Crippen molar-refractivity contribution in [3.05, 3.63) is 18.2 Å².